The Kier molecular flexibility index (Phi) is 6.37. The Hall–Kier alpha value is -2.92. The predicted octanol–water partition coefficient (Wildman–Crippen LogP) is 5.22. The van der Waals surface area contributed by atoms with E-state index >= 15 is 0 Å². The van der Waals surface area contributed by atoms with Gasteiger partial charge in [-0.2, -0.15) is 0 Å². The number of benzene rings is 3. The zero-order valence-electron chi connectivity index (χ0n) is 16.2. The first-order valence-corrected chi connectivity index (χ1v) is 10.8. The van der Waals surface area contributed by atoms with Crippen LogP contribution in [0.2, 0.25) is 0 Å². The number of ether oxygens (including phenoxy) is 1. The van der Waals surface area contributed by atoms with Crippen molar-refractivity contribution < 1.29 is 9.53 Å². The fraction of sp³-hybridized carbons (Fsp3) is 0.208. The second kappa shape index (κ2) is 9.52. The predicted molar refractivity (Wildman–Crippen MR) is 118 cm³/mol. The molecular weight excluding hydrogens is 380 g/mol. The van der Waals surface area contributed by atoms with Gasteiger partial charge in [0.1, 0.15) is 17.7 Å². The van der Waals surface area contributed by atoms with Crippen molar-refractivity contribution in [2.75, 3.05) is 12.3 Å². The molecule has 0 spiro atoms. The molecule has 1 saturated heterocycles. The van der Waals surface area contributed by atoms with Crippen LogP contribution in [0.25, 0.3) is 0 Å². The Balaban J connectivity index is 1.44. The third-order valence-electron chi connectivity index (χ3n) is 4.86. The van der Waals surface area contributed by atoms with E-state index in [-0.39, 0.29) is 11.4 Å². The van der Waals surface area contributed by atoms with E-state index in [9.17, 15) is 4.79 Å². The normalized spacial score (nSPS) is 15.9. The van der Waals surface area contributed by atoms with Gasteiger partial charge in [-0.25, -0.2) is 4.79 Å². The molecule has 0 aromatic heterocycles. The number of nitrogens with zero attached hydrogens (tertiary/aromatic N) is 1. The van der Waals surface area contributed by atoms with Crippen LogP contribution in [0.5, 0.6) is 5.75 Å². The Labute approximate surface area is 175 Å². The number of hydrogen-bond acceptors (Lipinski definition) is 3. The van der Waals surface area contributed by atoms with Crippen molar-refractivity contribution in [2.24, 2.45) is 0 Å². The SMILES string of the molecule is O=C(NCc1ccccc1)N1CCS[C@H]1c1ccccc1OCc1ccccc1. The topological polar surface area (TPSA) is 41.6 Å². The molecule has 0 saturated carbocycles. The average molecular weight is 405 g/mol. The van der Waals surface area contributed by atoms with Crippen molar-refractivity contribution in [2.45, 2.75) is 18.5 Å². The summed E-state index contributed by atoms with van der Waals surface area (Å²) >= 11 is 1.77. The van der Waals surface area contributed by atoms with Crippen LogP contribution in [-0.2, 0) is 13.2 Å². The maximum absolute atomic E-state index is 12.9. The molecule has 1 heterocycles. The van der Waals surface area contributed by atoms with Crippen LogP contribution in [-0.4, -0.2) is 23.2 Å². The number of thioether (sulfide) groups is 1. The maximum atomic E-state index is 12.9. The highest BCUT2D eigenvalue weighted by molar-refractivity contribution is 7.99. The summed E-state index contributed by atoms with van der Waals surface area (Å²) in [6, 6.07) is 28.1. The molecule has 29 heavy (non-hydrogen) atoms. The number of nitrogens with one attached hydrogen (secondary N) is 1. The first-order valence-electron chi connectivity index (χ1n) is 9.77. The zero-order chi connectivity index (χ0) is 19.9. The van der Waals surface area contributed by atoms with Gasteiger partial charge >= 0.3 is 6.03 Å². The number of carbonyl (C=O) groups is 1. The van der Waals surface area contributed by atoms with Crippen molar-refractivity contribution in [3.8, 4) is 5.75 Å². The maximum Gasteiger partial charge on any atom is 0.318 e. The van der Waals surface area contributed by atoms with E-state index in [1.54, 1.807) is 11.8 Å². The highest BCUT2D eigenvalue weighted by Gasteiger charge is 2.32. The summed E-state index contributed by atoms with van der Waals surface area (Å²) in [5.41, 5.74) is 3.26. The lowest BCUT2D eigenvalue weighted by atomic mass is 10.1. The Morgan fingerprint density at radius 2 is 1.59 bits per heavy atom. The minimum absolute atomic E-state index is 0.0401. The van der Waals surface area contributed by atoms with Crippen molar-refractivity contribution in [3.05, 3.63) is 102 Å². The first-order chi connectivity index (χ1) is 14.3. The number of hydrogen-bond donors (Lipinski definition) is 1. The summed E-state index contributed by atoms with van der Waals surface area (Å²) in [5, 5.41) is 3.01. The molecule has 1 atom stereocenters. The van der Waals surface area contributed by atoms with Crippen LogP contribution in [0.15, 0.2) is 84.9 Å². The molecule has 3 aromatic carbocycles. The zero-order valence-corrected chi connectivity index (χ0v) is 17.0. The van der Waals surface area contributed by atoms with Crippen molar-refractivity contribution in [1.29, 1.82) is 0 Å². The minimum Gasteiger partial charge on any atom is -0.489 e. The molecule has 0 radical (unpaired) electrons. The van der Waals surface area contributed by atoms with Crippen LogP contribution in [0.3, 0.4) is 0 Å². The quantitative estimate of drug-likeness (QED) is 0.612. The van der Waals surface area contributed by atoms with E-state index in [1.165, 1.54) is 0 Å². The van der Waals surface area contributed by atoms with Gasteiger partial charge in [0.25, 0.3) is 0 Å². The lowest BCUT2D eigenvalue weighted by Gasteiger charge is -2.26. The van der Waals surface area contributed by atoms with Crippen LogP contribution < -0.4 is 10.1 Å². The van der Waals surface area contributed by atoms with Gasteiger partial charge in [-0.1, -0.05) is 78.9 Å². The number of carbonyl (C=O) groups excluding carboxylic acids is 1. The summed E-state index contributed by atoms with van der Waals surface area (Å²) in [6.45, 7) is 1.76. The molecule has 0 aliphatic carbocycles. The van der Waals surface area contributed by atoms with Gasteiger partial charge in [-0.05, 0) is 17.2 Å². The van der Waals surface area contributed by atoms with Gasteiger partial charge in [0.15, 0.2) is 0 Å². The number of para-hydroxylation sites is 1. The van der Waals surface area contributed by atoms with Gasteiger partial charge in [0.2, 0.25) is 0 Å². The van der Waals surface area contributed by atoms with Gasteiger partial charge in [0.05, 0.1) is 0 Å². The summed E-state index contributed by atoms with van der Waals surface area (Å²) in [6.07, 6.45) is 0. The van der Waals surface area contributed by atoms with Gasteiger partial charge < -0.3 is 15.0 Å². The van der Waals surface area contributed by atoms with Gasteiger partial charge in [0, 0.05) is 24.4 Å². The fourth-order valence-corrected chi connectivity index (χ4v) is 4.64. The monoisotopic (exact) mass is 404 g/mol. The molecular formula is C24H24N2O2S. The minimum atomic E-state index is -0.0438. The van der Waals surface area contributed by atoms with E-state index in [1.807, 2.05) is 71.6 Å². The summed E-state index contributed by atoms with van der Waals surface area (Å²) < 4.78 is 6.12. The standard InChI is InChI=1S/C24H24N2O2S/c27-24(25-17-19-9-3-1-4-10-19)26-15-16-29-23(26)21-13-7-8-14-22(21)28-18-20-11-5-2-6-12-20/h1-14,23H,15-18H2,(H,25,27)/t23-/m0/s1. The Morgan fingerprint density at radius 1 is 0.931 bits per heavy atom. The van der Waals surface area contributed by atoms with Crippen LogP contribution >= 0.6 is 11.8 Å². The average Bonchev–Trinajstić information content (AvgIpc) is 3.27. The summed E-state index contributed by atoms with van der Waals surface area (Å²) in [4.78, 5) is 14.8. The molecule has 1 aliphatic heterocycles. The number of amides is 2. The van der Waals surface area contributed by atoms with Crippen molar-refractivity contribution in [1.82, 2.24) is 10.2 Å². The van der Waals surface area contributed by atoms with Crippen molar-refractivity contribution >= 4 is 17.8 Å². The fourth-order valence-electron chi connectivity index (χ4n) is 3.36. The van der Waals surface area contributed by atoms with Gasteiger partial charge in [-0.3, -0.25) is 0 Å². The van der Waals surface area contributed by atoms with Crippen LogP contribution in [0.1, 0.15) is 22.1 Å². The molecule has 0 unspecified atom stereocenters. The molecule has 4 nitrogen and oxygen atoms in total. The molecule has 5 heteroatoms. The smallest absolute Gasteiger partial charge is 0.318 e. The molecule has 2 amide bonds. The van der Waals surface area contributed by atoms with Crippen LogP contribution in [0, 0.1) is 0 Å². The third kappa shape index (κ3) is 4.93. The molecule has 1 aliphatic rings. The Morgan fingerprint density at radius 3 is 2.34 bits per heavy atom. The van der Waals surface area contributed by atoms with Crippen molar-refractivity contribution in [3.63, 3.8) is 0 Å². The second-order valence-corrected chi connectivity index (χ2v) is 8.06. The third-order valence-corrected chi connectivity index (χ3v) is 6.10. The van der Waals surface area contributed by atoms with E-state index in [0.29, 0.717) is 13.2 Å². The lowest BCUT2D eigenvalue weighted by molar-refractivity contribution is 0.198. The Bertz CT molecular complexity index is 934. The summed E-state index contributed by atoms with van der Waals surface area (Å²) in [5.74, 6) is 1.74. The summed E-state index contributed by atoms with van der Waals surface area (Å²) in [7, 11) is 0. The molecule has 3 aromatic rings. The number of urea groups is 1. The first kappa shape index (κ1) is 19.4. The second-order valence-electron chi connectivity index (χ2n) is 6.87. The van der Waals surface area contributed by atoms with Gasteiger partial charge in [-0.15, -0.1) is 11.8 Å². The van der Waals surface area contributed by atoms with E-state index < -0.39 is 0 Å². The van der Waals surface area contributed by atoms with Crippen LogP contribution in [0.4, 0.5) is 4.79 Å². The highest BCUT2D eigenvalue weighted by Crippen LogP contribution is 2.42. The largest absolute Gasteiger partial charge is 0.489 e. The molecule has 0 bridgehead atoms. The van der Waals surface area contributed by atoms with E-state index in [4.69, 9.17) is 4.74 Å². The molecule has 1 N–H and O–H groups in total. The molecule has 4 rings (SSSR count). The molecule has 1 fully saturated rings. The number of rotatable bonds is 6. The highest BCUT2D eigenvalue weighted by atomic mass is 32.2. The lowest BCUT2D eigenvalue weighted by Crippen LogP contribution is -2.39. The van der Waals surface area contributed by atoms with E-state index in [2.05, 4.69) is 23.5 Å². The van der Waals surface area contributed by atoms with E-state index in [0.717, 1.165) is 34.7 Å². The molecule has 148 valence electrons.